The molecule has 0 aliphatic carbocycles. The minimum absolute atomic E-state index is 0.0784. The van der Waals surface area contributed by atoms with Crippen molar-refractivity contribution in [2.75, 3.05) is 0 Å². The molecule has 0 saturated carbocycles. The van der Waals surface area contributed by atoms with E-state index in [1.165, 1.54) is 77.8 Å². The van der Waals surface area contributed by atoms with Gasteiger partial charge in [0, 0.05) is 16.1 Å². The molecule has 12 heteroatoms. The largest absolute Gasteiger partial charge is 0.507 e. The SMILES string of the molecule is CCCCCCCC.CCC[CH2][Sn][c]1ccnnc1.Oc1ccc(C(F)(F)F)cc1-c1ccnnc1.Oc1ccc(Cl)cc1I. The Bertz CT molecular complexity index is 1330. The number of hydrogen-bond donors (Lipinski definition) is 2. The van der Waals surface area contributed by atoms with Gasteiger partial charge in [0.05, 0.1) is 21.5 Å². The number of phenols is 2. The van der Waals surface area contributed by atoms with Crippen molar-refractivity contribution in [3.63, 3.8) is 0 Å². The van der Waals surface area contributed by atoms with Crippen molar-refractivity contribution in [1.82, 2.24) is 20.4 Å². The topological polar surface area (TPSA) is 92.0 Å². The van der Waals surface area contributed by atoms with Crippen LogP contribution in [-0.4, -0.2) is 51.8 Å². The van der Waals surface area contributed by atoms with Crippen molar-refractivity contribution in [3.05, 3.63) is 87.5 Å². The number of hydrogen-bond acceptors (Lipinski definition) is 6. The van der Waals surface area contributed by atoms with Crippen molar-refractivity contribution >= 4 is 58.9 Å². The summed E-state index contributed by atoms with van der Waals surface area (Å²) in [6.07, 6.45) is 13.1. The fourth-order valence-electron chi connectivity index (χ4n) is 3.53. The fraction of sp³-hybridized carbons (Fsp3) is 0.394. The van der Waals surface area contributed by atoms with Gasteiger partial charge < -0.3 is 10.2 Å². The number of aromatic nitrogens is 4. The maximum absolute atomic E-state index is 12.5. The third-order valence-electron chi connectivity index (χ3n) is 6.03. The molecule has 244 valence electrons. The van der Waals surface area contributed by atoms with Gasteiger partial charge in [0.2, 0.25) is 0 Å². The normalized spacial score (nSPS) is 10.4. The van der Waals surface area contributed by atoms with E-state index in [-0.39, 0.29) is 38.2 Å². The van der Waals surface area contributed by atoms with Crippen LogP contribution < -0.4 is 3.58 Å². The van der Waals surface area contributed by atoms with Gasteiger partial charge >= 0.3 is 83.8 Å². The van der Waals surface area contributed by atoms with E-state index < -0.39 is 11.7 Å². The number of unbranched alkanes of at least 4 members (excludes halogenated alkanes) is 6. The van der Waals surface area contributed by atoms with E-state index in [0.29, 0.717) is 10.6 Å². The zero-order valence-corrected chi connectivity index (χ0v) is 31.6. The van der Waals surface area contributed by atoms with Crippen LogP contribution in [0.5, 0.6) is 11.5 Å². The second-order valence-electron chi connectivity index (χ2n) is 9.78. The Morgan fingerprint density at radius 3 is 1.82 bits per heavy atom. The van der Waals surface area contributed by atoms with Crippen LogP contribution in [0.3, 0.4) is 0 Å². The van der Waals surface area contributed by atoms with Gasteiger partial charge in [0.25, 0.3) is 0 Å². The Morgan fingerprint density at radius 1 is 0.733 bits per heavy atom. The van der Waals surface area contributed by atoms with Gasteiger partial charge in [-0.25, -0.2) is 0 Å². The van der Waals surface area contributed by atoms with Crippen LogP contribution in [0.1, 0.15) is 77.7 Å². The molecule has 6 nitrogen and oxygen atoms in total. The minimum atomic E-state index is -4.44. The molecular weight excluding hydrogens is 822 g/mol. The van der Waals surface area contributed by atoms with E-state index in [1.54, 1.807) is 24.4 Å². The fourth-order valence-corrected chi connectivity index (χ4v) is 7.72. The third kappa shape index (κ3) is 18.5. The molecule has 2 N–H and O–H groups in total. The van der Waals surface area contributed by atoms with E-state index in [9.17, 15) is 18.3 Å². The summed E-state index contributed by atoms with van der Waals surface area (Å²) < 4.78 is 41.2. The number of aromatic hydroxyl groups is 2. The van der Waals surface area contributed by atoms with E-state index in [0.717, 1.165) is 21.8 Å². The molecule has 0 aliphatic rings. The molecule has 2 radical (unpaired) electrons. The van der Waals surface area contributed by atoms with Gasteiger partial charge in [-0.15, -0.1) is 0 Å². The first-order chi connectivity index (χ1) is 21.5. The molecule has 0 aliphatic heterocycles. The molecule has 0 atom stereocenters. The summed E-state index contributed by atoms with van der Waals surface area (Å²) >= 11 is 7.33. The summed E-state index contributed by atoms with van der Waals surface area (Å²) in [6, 6.07) is 11.2. The third-order valence-corrected chi connectivity index (χ3v) is 10.9. The quantitative estimate of drug-likeness (QED) is 0.0938. The van der Waals surface area contributed by atoms with E-state index in [4.69, 9.17) is 16.7 Å². The number of halogens is 5. The Balaban J connectivity index is 0.000000316. The van der Waals surface area contributed by atoms with Crippen molar-refractivity contribution in [3.8, 4) is 22.6 Å². The molecule has 0 saturated heterocycles. The first-order valence-electron chi connectivity index (χ1n) is 14.8. The van der Waals surface area contributed by atoms with Crippen molar-refractivity contribution in [1.29, 1.82) is 0 Å². The summed E-state index contributed by atoms with van der Waals surface area (Å²) in [5, 5.41) is 33.8. The van der Waals surface area contributed by atoms with Gasteiger partial charge in [0.15, 0.2) is 0 Å². The Hall–Kier alpha value is -2.19. The molecule has 4 aromatic rings. The standard InChI is InChI=1S/C11H7F3N2O.C8H18.C6H4ClIO.C4H3N2.C4H9.Sn/c12-11(13,14)8-1-2-10(17)9(5-8)7-3-4-15-16-6-7;1-3-5-7-8-6-4-2;7-4-1-2-6(9)5(8)3-4;1-2-4-6-5-3-1;1-3-4-2;/h1-6,17H;3-8H2,1-2H3;1-3,9H;1,3-4H;1,3-4H2,2H3;. The van der Waals surface area contributed by atoms with Gasteiger partial charge in [0.1, 0.15) is 11.5 Å². The number of benzene rings is 2. The summed E-state index contributed by atoms with van der Waals surface area (Å²) in [4.78, 5) is 0. The van der Waals surface area contributed by atoms with Crippen LogP contribution in [0.4, 0.5) is 13.2 Å². The summed E-state index contributed by atoms with van der Waals surface area (Å²) in [6.45, 7) is 6.75. The van der Waals surface area contributed by atoms with Crippen LogP contribution in [0.15, 0.2) is 73.3 Å². The molecule has 0 spiro atoms. The molecule has 4 rings (SSSR count). The van der Waals surface area contributed by atoms with Crippen LogP contribution in [0, 0.1) is 3.57 Å². The summed E-state index contributed by atoms with van der Waals surface area (Å²) in [5.41, 5.74) is -0.361. The number of nitrogens with zero attached hydrogens (tertiary/aromatic N) is 4. The van der Waals surface area contributed by atoms with Gasteiger partial charge in [-0.2, -0.15) is 23.4 Å². The Labute approximate surface area is 293 Å². The van der Waals surface area contributed by atoms with Crippen LogP contribution >= 0.6 is 34.2 Å². The van der Waals surface area contributed by atoms with Gasteiger partial charge in [-0.05, 0) is 65.1 Å². The van der Waals surface area contributed by atoms with E-state index >= 15 is 0 Å². The molecular formula is C33H41ClF3IN4O2Sn. The number of rotatable bonds is 10. The minimum Gasteiger partial charge on any atom is -0.507 e. The first kappa shape index (κ1) is 40.8. The zero-order chi connectivity index (χ0) is 33.5. The molecule has 0 amide bonds. The van der Waals surface area contributed by atoms with Crippen molar-refractivity contribution < 1.29 is 23.4 Å². The monoisotopic (exact) mass is 864 g/mol. The maximum atomic E-state index is 12.5. The molecule has 2 heterocycles. The molecule has 2 aromatic heterocycles. The second kappa shape index (κ2) is 24.0. The molecule has 0 bridgehead atoms. The van der Waals surface area contributed by atoms with Crippen molar-refractivity contribution in [2.24, 2.45) is 0 Å². The van der Waals surface area contributed by atoms with Crippen LogP contribution in [0.25, 0.3) is 11.1 Å². The van der Waals surface area contributed by atoms with Crippen LogP contribution in [-0.2, 0) is 6.18 Å². The number of phenolic OH excluding ortho intramolecular Hbond substituents is 2. The number of alkyl halides is 3. The first-order valence-corrected chi connectivity index (χ1v) is 19.7. The van der Waals surface area contributed by atoms with Crippen molar-refractivity contribution in [2.45, 2.75) is 82.8 Å². The van der Waals surface area contributed by atoms with Gasteiger partial charge in [-0.1, -0.05) is 64.0 Å². The van der Waals surface area contributed by atoms with E-state index in [2.05, 4.69) is 47.2 Å². The van der Waals surface area contributed by atoms with E-state index in [1.807, 2.05) is 28.8 Å². The average Bonchev–Trinajstić information content (AvgIpc) is 3.03. The second-order valence-corrected chi connectivity index (χ2v) is 15.5. The predicted molar refractivity (Wildman–Crippen MR) is 186 cm³/mol. The Kier molecular flexibility index (Phi) is 21.8. The Morgan fingerprint density at radius 2 is 1.33 bits per heavy atom. The smallest absolute Gasteiger partial charge is 0.416 e. The summed E-state index contributed by atoms with van der Waals surface area (Å²) in [5.74, 6) is 0.0472. The zero-order valence-electron chi connectivity index (χ0n) is 25.9. The summed E-state index contributed by atoms with van der Waals surface area (Å²) in [7, 11) is 0. The van der Waals surface area contributed by atoms with Crippen LogP contribution in [0.2, 0.25) is 9.46 Å². The van der Waals surface area contributed by atoms with Gasteiger partial charge in [-0.3, -0.25) is 0 Å². The molecule has 0 fully saturated rings. The molecule has 2 aromatic carbocycles. The predicted octanol–water partition coefficient (Wildman–Crippen LogP) is 9.91. The maximum Gasteiger partial charge on any atom is 0.416 e. The average molecular weight is 864 g/mol. The molecule has 45 heavy (non-hydrogen) atoms. The molecule has 0 unspecified atom stereocenters.